The van der Waals surface area contributed by atoms with Gasteiger partial charge < -0.3 is 10.7 Å². The predicted octanol–water partition coefficient (Wildman–Crippen LogP) is -1.54. The number of rotatable bonds is 5. The van der Waals surface area contributed by atoms with Crippen LogP contribution in [-0.2, 0) is 20.8 Å². The average Bonchev–Trinajstić information content (AvgIpc) is 2.22. The van der Waals surface area contributed by atoms with Crippen LogP contribution in [-0.4, -0.2) is 28.4 Å². The van der Waals surface area contributed by atoms with Crippen molar-refractivity contribution >= 4 is 11.8 Å². The molecule has 0 bridgehead atoms. The summed E-state index contributed by atoms with van der Waals surface area (Å²) in [5.74, 6) is -1.15. The third-order valence-corrected chi connectivity index (χ3v) is 2.19. The summed E-state index contributed by atoms with van der Waals surface area (Å²) in [7, 11) is 0. The van der Waals surface area contributed by atoms with Crippen molar-refractivity contribution in [3.05, 3.63) is 27.4 Å². The average molecular weight is 254 g/mol. The first kappa shape index (κ1) is 13.8. The Morgan fingerprint density at radius 1 is 1.44 bits per heavy atom. The molecule has 1 aromatic heterocycles. The zero-order valence-electron chi connectivity index (χ0n) is 10.1. The summed E-state index contributed by atoms with van der Waals surface area (Å²) in [6, 6.07) is 0. The van der Waals surface area contributed by atoms with E-state index in [1.165, 1.54) is 0 Å². The van der Waals surface area contributed by atoms with Gasteiger partial charge >= 0.3 is 5.69 Å². The Bertz CT molecular complexity index is 497. The van der Waals surface area contributed by atoms with Gasteiger partial charge in [0.1, 0.15) is 0 Å². The van der Waals surface area contributed by atoms with Crippen molar-refractivity contribution < 1.29 is 14.4 Å². The van der Waals surface area contributed by atoms with Crippen molar-refractivity contribution in [3.8, 4) is 0 Å². The molecular formula is C10H14N4O4. The summed E-state index contributed by atoms with van der Waals surface area (Å²) in [6.07, 6.45) is -0.0137. The molecule has 8 heteroatoms. The van der Waals surface area contributed by atoms with E-state index in [0.29, 0.717) is 17.0 Å². The van der Waals surface area contributed by atoms with E-state index in [-0.39, 0.29) is 6.42 Å². The smallest absolute Gasteiger partial charge is 0.345 e. The zero-order valence-corrected chi connectivity index (χ0v) is 10.1. The lowest BCUT2D eigenvalue weighted by Gasteiger charge is -2.08. The number of hydrogen-bond acceptors (Lipinski definition) is 5. The predicted molar refractivity (Wildman–Crippen MR) is 61.3 cm³/mol. The zero-order chi connectivity index (χ0) is 13.7. The van der Waals surface area contributed by atoms with E-state index < -0.39 is 24.1 Å². The van der Waals surface area contributed by atoms with E-state index in [1.54, 1.807) is 13.8 Å². The van der Waals surface area contributed by atoms with Crippen LogP contribution in [0.3, 0.4) is 0 Å². The number of H-pyrrole nitrogens is 1. The van der Waals surface area contributed by atoms with Gasteiger partial charge in [0.05, 0.1) is 6.42 Å². The van der Waals surface area contributed by atoms with Crippen LogP contribution in [0.5, 0.6) is 0 Å². The van der Waals surface area contributed by atoms with Crippen LogP contribution in [0.15, 0.2) is 4.79 Å². The number of nitrogens with one attached hydrogen (secondary N) is 2. The second-order valence-corrected chi connectivity index (χ2v) is 3.69. The minimum atomic E-state index is -0.687. The molecule has 4 N–H and O–H groups in total. The number of hydroxylamine groups is 1. The minimum absolute atomic E-state index is 0.0137. The van der Waals surface area contributed by atoms with E-state index in [1.807, 2.05) is 0 Å². The van der Waals surface area contributed by atoms with Gasteiger partial charge in [-0.2, -0.15) is 4.98 Å². The van der Waals surface area contributed by atoms with Gasteiger partial charge in [-0.05, 0) is 13.8 Å². The van der Waals surface area contributed by atoms with Gasteiger partial charge in [-0.25, -0.2) is 10.3 Å². The SMILES string of the molecule is Cc1nc(=O)[nH]c(C)c1CC(=O)NOCC(N)=O. The molecule has 0 aliphatic rings. The third kappa shape index (κ3) is 3.98. The molecular weight excluding hydrogens is 240 g/mol. The quantitative estimate of drug-likeness (QED) is 0.549. The second kappa shape index (κ2) is 5.92. The molecule has 18 heavy (non-hydrogen) atoms. The summed E-state index contributed by atoms with van der Waals surface area (Å²) in [5, 5.41) is 0. The molecule has 8 nitrogen and oxygen atoms in total. The molecule has 98 valence electrons. The third-order valence-electron chi connectivity index (χ3n) is 2.19. The highest BCUT2D eigenvalue weighted by atomic mass is 16.7. The Morgan fingerprint density at radius 2 is 2.11 bits per heavy atom. The Hall–Kier alpha value is -2.22. The molecule has 0 fully saturated rings. The van der Waals surface area contributed by atoms with Gasteiger partial charge in [-0.3, -0.25) is 14.4 Å². The van der Waals surface area contributed by atoms with E-state index >= 15 is 0 Å². The van der Waals surface area contributed by atoms with Gasteiger partial charge in [0, 0.05) is 17.0 Å². The number of hydrogen-bond donors (Lipinski definition) is 3. The first-order valence-electron chi connectivity index (χ1n) is 5.15. The number of carbonyl (C=O) groups excluding carboxylic acids is 2. The molecule has 0 aromatic carbocycles. The Balaban J connectivity index is 2.65. The van der Waals surface area contributed by atoms with Crippen molar-refractivity contribution in [2.24, 2.45) is 5.73 Å². The van der Waals surface area contributed by atoms with E-state index in [0.717, 1.165) is 0 Å². The lowest BCUT2D eigenvalue weighted by Crippen LogP contribution is -2.31. The Labute approximate surface area is 103 Å². The van der Waals surface area contributed by atoms with Crippen molar-refractivity contribution in [3.63, 3.8) is 0 Å². The van der Waals surface area contributed by atoms with Gasteiger partial charge in [-0.15, -0.1) is 0 Å². The standard InChI is InChI=1S/C10H14N4O4/c1-5-7(6(2)13-10(17)12-5)3-9(16)14-18-4-8(11)15/h3-4H2,1-2H3,(H2,11,15)(H,14,16)(H,12,13,17). The number of nitrogens with zero attached hydrogens (tertiary/aromatic N) is 1. The first-order chi connectivity index (χ1) is 8.40. The number of aromatic amines is 1. The molecule has 0 saturated heterocycles. The summed E-state index contributed by atoms with van der Waals surface area (Å²) in [5.41, 5.74) is 8.09. The summed E-state index contributed by atoms with van der Waals surface area (Å²) >= 11 is 0. The van der Waals surface area contributed by atoms with Crippen molar-refractivity contribution in [2.75, 3.05) is 6.61 Å². The molecule has 0 unspecified atom stereocenters. The lowest BCUT2D eigenvalue weighted by molar-refractivity contribution is -0.137. The van der Waals surface area contributed by atoms with Gasteiger partial charge in [0.2, 0.25) is 11.8 Å². The number of aryl methyl sites for hydroxylation is 2. The molecule has 0 atom stereocenters. The monoisotopic (exact) mass is 254 g/mol. The maximum Gasteiger partial charge on any atom is 0.345 e. The number of aromatic nitrogens is 2. The minimum Gasteiger partial charge on any atom is -0.368 e. The number of carbonyl (C=O) groups is 2. The van der Waals surface area contributed by atoms with Gasteiger partial charge in [0.15, 0.2) is 6.61 Å². The van der Waals surface area contributed by atoms with Crippen molar-refractivity contribution in [1.29, 1.82) is 0 Å². The van der Waals surface area contributed by atoms with Crippen molar-refractivity contribution in [2.45, 2.75) is 20.3 Å². The van der Waals surface area contributed by atoms with Crippen LogP contribution in [0.2, 0.25) is 0 Å². The highest BCUT2D eigenvalue weighted by molar-refractivity contribution is 5.79. The highest BCUT2D eigenvalue weighted by Gasteiger charge is 2.11. The number of nitrogens with two attached hydrogens (primary N) is 1. The van der Waals surface area contributed by atoms with E-state index in [2.05, 4.69) is 20.3 Å². The molecule has 0 saturated carbocycles. The molecule has 0 spiro atoms. The van der Waals surface area contributed by atoms with Crippen LogP contribution < -0.4 is 16.9 Å². The van der Waals surface area contributed by atoms with Crippen LogP contribution in [0, 0.1) is 13.8 Å². The lowest BCUT2D eigenvalue weighted by atomic mass is 10.1. The number of amides is 2. The highest BCUT2D eigenvalue weighted by Crippen LogP contribution is 2.07. The number of primary amides is 1. The summed E-state index contributed by atoms with van der Waals surface area (Å²) < 4.78 is 0. The molecule has 0 radical (unpaired) electrons. The second-order valence-electron chi connectivity index (χ2n) is 3.69. The molecule has 1 heterocycles. The topological polar surface area (TPSA) is 127 Å². The fraction of sp³-hybridized carbons (Fsp3) is 0.400. The largest absolute Gasteiger partial charge is 0.368 e. The Morgan fingerprint density at radius 3 is 2.67 bits per heavy atom. The molecule has 1 aromatic rings. The van der Waals surface area contributed by atoms with Crippen LogP contribution in [0.1, 0.15) is 17.0 Å². The van der Waals surface area contributed by atoms with Gasteiger partial charge in [0.25, 0.3) is 0 Å². The molecule has 0 aliphatic carbocycles. The van der Waals surface area contributed by atoms with Gasteiger partial charge in [-0.1, -0.05) is 0 Å². The van der Waals surface area contributed by atoms with Crippen LogP contribution in [0.4, 0.5) is 0 Å². The summed E-state index contributed by atoms with van der Waals surface area (Å²) in [6.45, 7) is 2.91. The fourth-order valence-electron chi connectivity index (χ4n) is 1.40. The van der Waals surface area contributed by atoms with Crippen LogP contribution >= 0.6 is 0 Å². The molecule has 1 rings (SSSR count). The Kier molecular flexibility index (Phi) is 4.55. The first-order valence-corrected chi connectivity index (χ1v) is 5.15. The van der Waals surface area contributed by atoms with Crippen LogP contribution in [0.25, 0.3) is 0 Å². The fourth-order valence-corrected chi connectivity index (χ4v) is 1.40. The summed E-state index contributed by atoms with van der Waals surface area (Å²) in [4.78, 5) is 43.7. The normalized spacial score (nSPS) is 10.1. The maximum absolute atomic E-state index is 11.5. The van der Waals surface area contributed by atoms with E-state index in [4.69, 9.17) is 5.73 Å². The molecule has 2 amide bonds. The maximum atomic E-state index is 11.5. The molecule has 0 aliphatic heterocycles. The van der Waals surface area contributed by atoms with E-state index in [9.17, 15) is 14.4 Å². The van der Waals surface area contributed by atoms with Crippen molar-refractivity contribution in [1.82, 2.24) is 15.4 Å².